The molecule has 2 saturated carbocycles. The number of aromatic nitrogens is 2. The van der Waals surface area contributed by atoms with Crippen LogP contribution < -0.4 is 16.8 Å². The predicted octanol–water partition coefficient (Wildman–Crippen LogP) is 3.34. The molecule has 35 heavy (non-hydrogen) atoms. The lowest BCUT2D eigenvalue weighted by Gasteiger charge is -2.33. The third-order valence-corrected chi connectivity index (χ3v) is 6.50. The first-order valence-electron chi connectivity index (χ1n) is 12.3. The molecule has 8 nitrogen and oxygen atoms in total. The number of halogens is 3. The normalized spacial score (nSPS) is 27.8. The van der Waals surface area contributed by atoms with Crippen LogP contribution >= 0.6 is 0 Å². The van der Waals surface area contributed by atoms with E-state index in [0.29, 0.717) is 31.7 Å². The van der Waals surface area contributed by atoms with E-state index in [2.05, 4.69) is 22.2 Å². The highest BCUT2D eigenvalue weighted by atomic mass is 19.4. The van der Waals surface area contributed by atoms with E-state index in [1.807, 2.05) is 0 Å². The molecule has 1 saturated heterocycles. The molecule has 4 rings (SSSR count). The highest BCUT2D eigenvalue weighted by Crippen LogP contribution is 2.31. The van der Waals surface area contributed by atoms with Gasteiger partial charge in [-0.1, -0.05) is 25.3 Å². The minimum Gasteiger partial charge on any atom is -0.402 e. The Morgan fingerprint density at radius 1 is 1.23 bits per heavy atom. The number of anilines is 1. The molecule has 3 unspecified atom stereocenters. The monoisotopic (exact) mass is 503 g/mol. The van der Waals surface area contributed by atoms with Gasteiger partial charge >= 0.3 is 6.18 Å². The number of allylic oxidation sites excluding steroid dienone is 1. The van der Waals surface area contributed by atoms with E-state index < -0.39 is 24.1 Å². The van der Waals surface area contributed by atoms with E-state index in [0.717, 1.165) is 24.5 Å². The number of aliphatic hydroxyl groups is 2. The van der Waals surface area contributed by atoms with Gasteiger partial charge in [-0.25, -0.2) is 4.98 Å². The van der Waals surface area contributed by atoms with Crippen molar-refractivity contribution in [3.05, 3.63) is 29.4 Å². The first kappa shape index (κ1) is 29.3. The Bertz CT molecular complexity index is 794. The van der Waals surface area contributed by atoms with Crippen molar-refractivity contribution in [2.24, 2.45) is 17.4 Å². The molecule has 1 aromatic rings. The number of rotatable bonds is 5. The molecule has 3 atom stereocenters. The summed E-state index contributed by atoms with van der Waals surface area (Å²) in [6, 6.07) is 0.548. The second-order valence-corrected chi connectivity index (χ2v) is 9.37. The maximum atomic E-state index is 12.0. The van der Waals surface area contributed by atoms with Crippen LogP contribution in [0.25, 0.3) is 0 Å². The SMILES string of the molecule is CCCC1CC(N)C1.CNc1cncc(C(F)(F)F)n1.NC(CC1OCCC(O)C1O)=C1CCC1. The average molecular weight is 504 g/mol. The summed E-state index contributed by atoms with van der Waals surface area (Å²) in [5.74, 6) is 1.08. The number of nitrogens with zero attached hydrogens (tertiary/aromatic N) is 2. The van der Waals surface area contributed by atoms with Crippen molar-refractivity contribution in [3.63, 3.8) is 0 Å². The van der Waals surface area contributed by atoms with Crippen molar-refractivity contribution in [2.75, 3.05) is 19.0 Å². The van der Waals surface area contributed by atoms with Crippen LogP contribution in [-0.4, -0.2) is 58.2 Å². The molecule has 3 fully saturated rings. The van der Waals surface area contributed by atoms with Crippen LogP contribution in [0.1, 0.15) is 70.4 Å². The Balaban J connectivity index is 0.000000194. The Morgan fingerprint density at radius 2 is 1.91 bits per heavy atom. The van der Waals surface area contributed by atoms with Crippen LogP contribution in [0.4, 0.5) is 19.0 Å². The molecule has 0 radical (unpaired) electrons. The van der Waals surface area contributed by atoms with E-state index >= 15 is 0 Å². The molecule has 200 valence electrons. The van der Waals surface area contributed by atoms with Crippen molar-refractivity contribution in [1.29, 1.82) is 0 Å². The predicted molar refractivity (Wildman–Crippen MR) is 128 cm³/mol. The fraction of sp³-hybridized carbons (Fsp3) is 0.750. The number of aliphatic hydroxyl groups excluding tert-OH is 2. The Hall–Kier alpha value is -1.95. The van der Waals surface area contributed by atoms with E-state index in [-0.39, 0.29) is 11.9 Å². The van der Waals surface area contributed by atoms with Gasteiger partial charge in [0.25, 0.3) is 0 Å². The zero-order valence-corrected chi connectivity index (χ0v) is 20.6. The van der Waals surface area contributed by atoms with E-state index in [9.17, 15) is 23.4 Å². The number of hydrogen-bond donors (Lipinski definition) is 5. The molecule has 2 aliphatic carbocycles. The van der Waals surface area contributed by atoms with Gasteiger partial charge in [0, 0.05) is 31.8 Å². The van der Waals surface area contributed by atoms with Crippen LogP contribution in [0.2, 0.25) is 0 Å². The summed E-state index contributed by atoms with van der Waals surface area (Å²) < 4.78 is 41.3. The number of ether oxygens (including phenoxy) is 1. The van der Waals surface area contributed by atoms with Gasteiger partial charge in [-0.2, -0.15) is 13.2 Å². The fourth-order valence-corrected chi connectivity index (χ4v) is 4.13. The summed E-state index contributed by atoms with van der Waals surface area (Å²) in [5.41, 5.74) is 12.7. The summed E-state index contributed by atoms with van der Waals surface area (Å²) in [7, 11) is 1.48. The minimum absolute atomic E-state index is 0.102. The van der Waals surface area contributed by atoms with Crippen LogP contribution in [0.3, 0.4) is 0 Å². The van der Waals surface area contributed by atoms with Crippen LogP contribution in [0, 0.1) is 5.92 Å². The average Bonchev–Trinajstić information content (AvgIpc) is 2.75. The van der Waals surface area contributed by atoms with Gasteiger partial charge in [-0.3, -0.25) is 4.98 Å². The van der Waals surface area contributed by atoms with Gasteiger partial charge in [0.1, 0.15) is 11.9 Å². The molecular weight excluding hydrogens is 463 g/mol. The lowest BCUT2D eigenvalue weighted by atomic mass is 9.78. The smallest absolute Gasteiger partial charge is 0.402 e. The summed E-state index contributed by atoms with van der Waals surface area (Å²) in [6.45, 7) is 2.75. The van der Waals surface area contributed by atoms with Crippen molar-refractivity contribution < 1.29 is 28.1 Å². The zero-order valence-electron chi connectivity index (χ0n) is 20.6. The molecule has 11 heteroatoms. The van der Waals surface area contributed by atoms with E-state index in [4.69, 9.17) is 16.2 Å². The third-order valence-electron chi connectivity index (χ3n) is 6.50. The van der Waals surface area contributed by atoms with Crippen LogP contribution in [-0.2, 0) is 10.9 Å². The Morgan fingerprint density at radius 3 is 2.43 bits per heavy atom. The minimum atomic E-state index is -4.43. The number of nitrogens with two attached hydrogens (primary N) is 2. The summed E-state index contributed by atoms with van der Waals surface area (Å²) in [5, 5.41) is 21.7. The topological polar surface area (TPSA) is 140 Å². The molecule has 1 aliphatic heterocycles. The van der Waals surface area contributed by atoms with E-state index in [1.54, 1.807) is 0 Å². The summed E-state index contributed by atoms with van der Waals surface area (Å²) in [6.07, 6.45) is 5.41. The molecule has 2 heterocycles. The molecule has 0 spiro atoms. The number of hydrogen-bond acceptors (Lipinski definition) is 8. The maximum absolute atomic E-state index is 12.0. The summed E-state index contributed by atoms with van der Waals surface area (Å²) >= 11 is 0. The van der Waals surface area contributed by atoms with Gasteiger partial charge in [0.2, 0.25) is 0 Å². The van der Waals surface area contributed by atoms with Crippen molar-refractivity contribution in [3.8, 4) is 0 Å². The second-order valence-electron chi connectivity index (χ2n) is 9.37. The Labute approximate surface area is 205 Å². The van der Waals surface area contributed by atoms with Crippen molar-refractivity contribution in [1.82, 2.24) is 9.97 Å². The zero-order chi connectivity index (χ0) is 26.0. The molecule has 0 bridgehead atoms. The van der Waals surface area contributed by atoms with Gasteiger partial charge < -0.3 is 31.7 Å². The largest absolute Gasteiger partial charge is 0.434 e. The standard InChI is InChI=1S/C11H19NO3.C7H15N.C6H6F3N3/c12-8(7-2-1-3-7)6-10-11(14)9(13)4-5-15-10;1-2-3-6-4-7(8)5-6;1-10-5-3-11-2-4(12-5)6(7,8)9/h9-11,13-14H,1-6,12H2;6-7H,2-5,8H2,1H3;2-3H,1H3,(H,10,12). The highest BCUT2D eigenvalue weighted by molar-refractivity contribution is 5.30. The lowest BCUT2D eigenvalue weighted by Crippen LogP contribution is -2.45. The lowest BCUT2D eigenvalue weighted by molar-refractivity contribution is -0.141. The van der Waals surface area contributed by atoms with Gasteiger partial charge in [-0.05, 0) is 44.4 Å². The van der Waals surface area contributed by atoms with Gasteiger partial charge in [0.15, 0.2) is 5.69 Å². The molecular formula is C24H40F3N5O3. The van der Waals surface area contributed by atoms with Crippen molar-refractivity contribution in [2.45, 2.75) is 95.2 Å². The van der Waals surface area contributed by atoms with Gasteiger partial charge in [0.05, 0.1) is 24.6 Å². The van der Waals surface area contributed by atoms with Crippen LogP contribution in [0.15, 0.2) is 23.7 Å². The molecule has 0 amide bonds. The summed E-state index contributed by atoms with van der Waals surface area (Å²) in [4.78, 5) is 6.64. The molecule has 1 aromatic heterocycles. The quantitative estimate of drug-likeness (QED) is 0.412. The highest BCUT2D eigenvalue weighted by Gasteiger charge is 2.33. The van der Waals surface area contributed by atoms with Crippen LogP contribution in [0.5, 0.6) is 0 Å². The van der Waals surface area contributed by atoms with Crippen molar-refractivity contribution >= 4 is 5.82 Å². The number of nitrogens with one attached hydrogen (secondary N) is 1. The van der Waals surface area contributed by atoms with Gasteiger partial charge in [-0.15, -0.1) is 0 Å². The molecule has 3 aliphatic rings. The number of alkyl halides is 3. The molecule has 7 N–H and O–H groups in total. The first-order valence-corrected chi connectivity index (χ1v) is 12.3. The first-order chi connectivity index (χ1) is 16.5. The van der Waals surface area contributed by atoms with E-state index in [1.165, 1.54) is 50.9 Å². The molecule has 0 aromatic carbocycles. The fourth-order valence-electron chi connectivity index (χ4n) is 4.13. The maximum Gasteiger partial charge on any atom is 0.434 e. The third kappa shape index (κ3) is 9.55. The second kappa shape index (κ2) is 14.0. The Kier molecular flexibility index (Phi) is 11.7.